The summed E-state index contributed by atoms with van der Waals surface area (Å²) in [6, 6.07) is 8.94. The number of hydrogen-bond acceptors (Lipinski definition) is 5. The van der Waals surface area contributed by atoms with E-state index in [0.29, 0.717) is 18.0 Å². The van der Waals surface area contributed by atoms with Gasteiger partial charge in [0, 0.05) is 5.75 Å². The van der Waals surface area contributed by atoms with E-state index in [0.717, 1.165) is 0 Å². The molecule has 0 atom stereocenters. The first-order chi connectivity index (χ1) is 8.56. The molecular formula is C13H16O4S. The van der Waals surface area contributed by atoms with Crippen LogP contribution in [0.1, 0.15) is 13.8 Å². The van der Waals surface area contributed by atoms with Crippen LogP contribution in [0.4, 0.5) is 0 Å². The van der Waals surface area contributed by atoms with Gasteiger partial charge in [-0.2, -0.15) is 0 Å². The highest BCUT2D eigenvalue weighted by molar-refractivity contribution is 7.99. The van der Waals surface area contributed by atoms with Gasteiger partial charge in [0.15, 0.2) is 0 Å². The summed E-state index contributed by atoms with van der Waals surface area (Å²) in [5, 5.41) is 0. The minimum absolute atomic E-state index is 0.242. The minimum atomic E-state index is -0.632. The number of benzene rings is 1. The molecule has 0 N–H and O–H groups in total. The molecule has 0 aliphatic heterocycles. The molecular weight excluding hydrogens is 252 g/mol. The molecule has 0 aromatic heterocycles. The van der Waals surface area contributed by atoms with Gasteiger partial charge in [-0.05, 0) is 26.0 Å². The summed E-state index contributed by atoms with van der Waals surface area (Å²) in [4.78, 5) is 21.9. The predicted molar refractivity (Wildman–Crippen MR) is 70.3 cm³/mol. The summed E-state index contributed by atoms with van der Waals surface area (Å²) in [7, 11) is 0. The minimum Gasteiger partial charge on any atom is -0.457 e. The van der Waals surface area contributed by atoms with Crippen LogP contribution in [0.3, 0.4) is 0 Å². The number of carbonyl (C=O) groups excluding carboxylic acids is 2. The second-order valence-electron chi connectivity index (χ2n) is 4.32. The topological polar surface area (TPSA) is 52.6 Å². The van der Waals surface area contributed by atoms with E-state index in [-0.39, 0.29) is 11.9 Å². The standard InChI is InChI=1S/C13H16O4S/c1-13(2,8-18-10-16-9-14)12(15)17-11-6-4-3-5-7-11/h3-7,9H,8,10H2,1-2H3. The highest BCUT2D eigenvalue weighted by Gasteiger charge is 2.29. The lowest BCUT2D eigenvalue weighted by atomic mass is 9.97. The van der Waals surface area contributed by atoms with Crippen molar-refractivity contribution in [3.63, 3.8) is 0 Å². The molecule has 1 aromatic rings. The van der Waals surface area contributed by atoms with Gasteiger partial charge < -0.3 is 9.47 Å². The SMILES string of the molecule is CC(C)(CSCOC=O)C(=O)Oc1ccccc1. The summed E-state index contributed by atoms with van der Waals surface area (Å²) < 4.78 is 9.83. The molecule has 0 amide bonds. The average Bonchev–Trinajstić information content (AvgIpc) is 2.36. The first-order valence-electron chi connectivity index (χ1n) is 5.46. The lowest BCUT2D eigenvalue weighted by Crippen LogP contribution is -2.31. The van der Waals surface area contributed by atoms with E-state index in [1.165, 1.54) is 11.8 Å². The monoisotopic (exact) mass is 268 g/mol. The quantitative estimate of drug-likeness (QED) is 0.250. The van der Waals surface area contributed by atoms with Crippen LogP contribution in [0, 0.1) is 5.41 Å². The average molecular weight is 268 g/mol. The normalized spacial score (nSPS) is 10.8. The van der Waals surface area contributed by atoms with Crippen molar-refractivity contribution in [2.24, 2.45) is 5.41 Å². The van der Waals surface area contributed by atoms with Crippen LogP contribution in [-0.4, -0.2) is 24.1 Å². The molecule has 0 unspecified atom stereocenters. The van der Waals surface area contributed by atoms with E-state index in [2.05, 4.69) is 4.74 Å². The number of hydrogen-bond donors (Lipinski definition) is 0. The fraction of sp³-hybridized carbons (Fsp3) is 0.385. The van der Waals surface area contributed by atoms with Gasteiger partial charge in [0.2, 0.25) is 0 Å². The zero-order valence-electron chi connectivity index (χ0n) is 10.4. The molecule has 4 nitrogen and oxygen atoms in total. The summed E-state index contributed by atoms with van der Waals surface area (Å²) >= 11 is 1.37. The number of rotatable bonds is 7. The van der Waals surface area contributed by atoms with Crippen molar-refractivity contribution in [2.75, 3.05) is 11.7 Å². The summed E-state index contributed by atoms with van der Waals surface area (Å²) in [6.45, 7) is 3.99. The molecule has 1 rings (SSSR count). The Morgan fingerprint density at radius 3 is 2.61 bits per heavy atom. The van der Waals surface area contributed by atoms with Crippen molar-refractivity contribution >= 4 is 24.2 Å². The van der Waals surface area contributed by atoms with Crippen LogP contribution in [0.15, 0.2) is 30.3 Å². The molecule has 0 saturated carbocycles. The molecule has 0 radical (unpaired) electrons. The lowest BCUT2D eigenvalue weighted by Gasteiger charge is -2.21. The molecule has 0 fully saturated rings. The van der Waals surface area contributed by atoms with Crippen LogP contribution in [-0.2, 0) is 14.3 Å². The Morgan fingerprint density at radius 2 is 2.00 bits per heavy atom. The van der Waals surface area contributed by atoms with Gasteiger partial charge in [-0.3, -0.25) is 9.59 Å². The fourth-order valence-corrected chi connectivity index (χ4v) is 2.03. The van der Waals surface area contributed by atoms with Gasteiger partial charge in [-0.25, -0.2) is 0 Å². The van der Waals surface area contributed by atoms with Crippen molar-refractivity contribution < 1.29 is 19.1 Å². The van der Waals surface area contributed by atoms with E-state index in [1.54, 1.807) is 26.0 Å². The summed E-state index contributed by atoms with van der Waals surface area (Å²) in [5.74, 6) is 0.995. The van der Waals surface area contributed by atoms with Crippen molar-refractivity contribution in [3.05, 3.63) is 30.3 Å². The highest BCUT2D eigenvalue weighted by atomic mass is 32.2. The van der Waals surface area contributed by atoms with Gasteiger partial charge in [-0.1, -0.05) is 18.2 Å². The molecule has 0 aliphatic rings. The number of esters is 1. The van der Waals surface area contributed by atoms with Crippen molar-refractivity contribution in [3.8, 4) is 5.75 Å². The van der Waals surface area contributed by atoms with E-state index < -0.39 is 5.41 Å². The van der Waals surface area contributed by atoms with Crippen LogP contribution in [0.25, 0.3) is 0 Å². The molecule has 0 bridgehead atoms. The molecule has 5 heteroatoms. The third-order valence-corrected chi connectivity index (χ3v) is 3.42. The molecule has 0 aliphatic carbocycles. The second-order valence-corrected chi connectivity index (χ2v) is 5.25. The molecule has 0 spiro atoms. The number of para-hydroxylation sites is 1. The van der Waals surface area contributed by atoms with E-state index >= 15 is 0 Å². The Labute approximate surface area is 111 Å². The molecule has 1 aromatic carbocycles. The zero-order valence-corrected chi connectivity index (χ0v) is 11.2. The number of carbonyl (C=O) groups is 2. The Morgan fingerprint density at radius 1 is 1.33 bits per heavy atom. The number of thioether (sulfide) groups is 1. The maximum Gasteiger partial charge on any atom is 0.317 e. The molecule has 0 heterocycles. The first kappa shape index (κ1) is 14.6. The van der Waals surface area contributed by atoms with Gasteiger partial charge in [0.25, 0.3) is 6.47 Å². The van der Waals surface area contributed by atoms with Gasteiger partial charge in [0.05, 0.1) is 5.41 Å². The van der Waals surface area contributed by atoms with Gasteiger partial charge in [-0.15, -0.1) is 11.8 Å². The maximum absolute atomic E-state index is 12.0. The van der Waals surface area contributed by atoms with Crippen molar-refractivity contribution in [1.82, 2.24) is 0 Å². The van der Waals surface area contributed by atoms with Crippen molar-refractivity contribution in [2.45, 2.75) is 13.8 Å². The maximum atomic E-state index is 12.0. The summed E-state index contributed by atoms with van der Waals surface area (Å²) in [5.41, 5.74) is -0.632. The van der Waals surface area contributed by atoms with Crippen LogP contribution in [0.5, 0.6) is 5.75 Å². The van der Waals surface area contributed by atoms with E-state index in [1.807, 2.05) is 18.2 Å². The van der Waals surface area contributed by atoms with Gasteiger partial charge in [0.1, 0.15) is 11.7 Å². The van der Waals surface area contributed by atoms with Crippen molar-refractivity contribution in [1.29, 1.82) is 0 Å². The highest BCUT2D eigenvalue weighted by Crippen LogP contribution is 2.24. The second kappa shape index (κ2) is 7.06. The predicted octanol–water partition coefficient (Wildman–Crippen LogP) is 2.48. The first-order valence-corrected chi connectivity index (χ1v) is 6.62. The van der Waals surface area contributed by atoms with Crippen LogP contribution >= 0.6 is 11.8 Å². The third-order valence-electron chi connectivity index (χ3n) is 2.19. The third kappa shape index (κ3) is 4.79. The van der Waals surface area contributed by atoms with Gasteiger partial charge >= 0.3 is 5.97 Å². The largest absolute Gasteiger partial charge is 0.457 e. The Balaban J connectivity index is 2.46. The van der Waals surface area contributed by atoms with E-state index in [4.69, 9.17) is 4.74 Å². The van der Waals surface area contributed by atoms with Crippen LogP contribution in [0.2, 0.25) is 0 Å². The molecule has 18 heavy (non-hydrogen) atoms. The summed E-state index contributed by atoms with van der Waals surface area (Å²) in [6.07, 6.45) is 0. The van der Waals surface area contributed by atoms with E-state index in [9.17, 15) is 9.59 Å². The molecule has 98 valence electrons. The van der Waals surface area contributed by atoms with Crippen LogP contribution < -0.4 is 4.74 Å². The Kier molecular flexibility index (Phi) is 5.71. The fourth-order valence-electron chi connectivity index (χ4n) is 1.17. The zero-order chi connectivity index (χ0) is 13.4. The Bertz CT molecular complexity index is 389. The number of ether oxygens (including phenoxy) is 2. The smallest absolute Gasteiger partial charge is 0.317 e. The molecule has 0 saturated heterocycles. The lowest BCUT2D eigenvalue weighted by molar-refractivity contribution is -0.142. The Hall–Kier alpha value is -1.49.